The van der Waals surface area contributed by atoms with Crippen molar-refractivity contribution >= 4 is 43.7 Å². The number of aromatic nitrogens is 1. The van der Waals surface area contributed by atoms with Gasteiger partial charge in [-0.25, -0.2) is 0 Å². The molecule has 2 nitrogen and oxygen atoms in total. The second-order valence-corrected chi connectivity index (χ2v) is 13.6. The van der Waals surface area contributed by atoms with Gasteiger partial charge < -0.3 is 8.98 Å². The standard InChI is InChI=1S/C49H31NO/c1-3-14-33(15-4-1)49(34-16-5-2-6-17-34)43-23-10-7-18-37(43)41-30-42-40-22-13-21-36(48(40)51-47(42)31-44(41)49)32-26-28-35(29-27-32)50-45-24-11-8-19-38(45)39-20-9-12-25-46(39)50/h1-31H. The minimum absolute atomic E-state index is 0.465. The van der Waals surface area contributed by atoms with E-state index in [0.29, 0.717) is 0 Å². The summed E-state index contributed by atoms with van der Waals surface area (Å²) in [5, 5.41) is 4.80. The average Bonchev–Trinajstić information content (AvgIpc) is 3.84. The summed E-state index contributed by atoms with van der Waals surface area (Å²) in [5.41, 5.74) is 14.7. The van der Waals surface area contributed by atoms with Crippen molar-refractivity contribution in [2.24, 2.45) is 0 Å². The maximum absolute atomic E-state index is 6.94. The maximum Gasteiger partial charge on any atom is 0.143 e. The number of rotatable bonds is 4. The Kier molecular flexibility index (Phi) is 5.91. The lowest BCUT2D eigenvalue weighted by Gasteiger charge is -2.33. The third-order valence-electron chi connectivity index (χ3n) is 11.1. The van der Waals surface area contributed by atoms with E-state index in [1.54, 1.807) is 0 Å². The van der Waals surface area contributed by atoms with Crippen LogP contribution >= 0.6 is 0 Å². The normalized spacial score (nSPS) is 13.3. The van der Waals surface area contributed by atoms with Gasteiger partial charge in [0.2, 0.25) is 0 Å². The fourth-order valence-electron chi connectivity index (χ4n) is 8.95. The summed E-state index contributed by atoms with van der Waals surface area (Å²) < 4.78 is 9.30. The molecule has 0 saturated carbocycles. The molecule has 2 heterocycles. The van der Waals surface area contributed by atoms with Crippen molar-refractivity contribution in [1.82, 2.24) is 4.57 Å². The highest BCUT2D eigenvalue weighted by molar-refractivity contribution is 6.12. The highest BCUT2D eigenvalue weighted by atomic mass is 16.3. The molecule has 11 rings (SSSR count). The molecule has 0 radical (unpaired) electrons. The monoisotopic (exact) mass is 649 g/mol. The molecule has 0 unspecified atom stereocenters. The van der Waals surface area contributed by atoms with Gasteiger partial charge in [-0.3, -0.25) is 0 Å². The Balaban J connectivity index is 1.11. The van der Waals surface area contributed by atoms with E-state index in [4.69, 9.17) is 4.42 Å². The predicted octanol–water partition coefficient (Wildman–Crippen LogP) is 12.7. The first-order valence-corrected chi connectivity index (χ1v) is 17.6. The zero-order valence-electron chi connectivity index (χ0n) is 27.8. The van der Waals surface area contributed by atoms with E-state index in [0.717, 1.165) is 38.8 Å². The van der Waals surface area contributed by atoms with Gasteiger partial charge in [-0.15, -0.1) is 0 Å². The molecule has 0 bridgehead atoms. The number of fused-ring (bicyclic) bond motifs is 9. The fourth-order valence-corrected chi connectivity index (χ4v) is 8.95. The quantitative estimate of drug-likeness (QED) is 0.186. The second kappa shape index (κ2) is 10.7. The topological polar surface area (TPSA) is 18.1 Å². The summed E-state index contributed by atoms with van der Waals surface area (Å²) in [4.78, 5) is 0. The van der Waals surface area contributed by atoms with Gasteiger partial charge in [0.05, 0.1) is 16.4 Å². The molecule has 2 heteroatoms. The Morgan fingerprint density at radius 1 is 0.392 bits per heavy atom. The third-order valence-corrected chi connectivity index (χ3v) is 11.1. The molecule has 0 saturated heterocycles. The maximum atomic E-state index is 6.94. The lowest BCUT2D eigenvalue weighted by atomic mass is 9.67. The van der Waals surface area contributed by atoms with Crippen molar-refractivity contribution in [2.75, 3.05) is 0 Å². The minimum Gasteiger partial charge on any atom is -0.455 e. The molecular formula is C49H31NO. The number of hydrogen-bond donors (Lipinski definition) is 0. The smallest absolute Gasteiger partial charge is 0.143 e. The molecule has 0 N–H and O–H groups in total. The summed E-state index contributed by atoms with van der Waals surface area (Å²) in [6.45, 7) is 0. The van der Waals surface area contributed by atoms with Crippen LogP contribution in [0.4, 0.5) is 0 Å². The van der Waals surface area contributed by atoms with E-state index < -0.39 is 5.41 Å². The number of para-hydroxylation sites is 3. The van der Waals surface area contributed by atoms with Gasteiger partial charge in [0, 0.05) is 32.8 Å². The zero-order valence-corrected chi connectivity index (χ0v) is 27.8. The van der Waals surface area contributed by atoms with Crippen LogP contribution < -0.4 is 0 Å². The van der Waals surface area contributed by atoms with Gasteiger partial charge in [-0.05, 0) is 75.3 Å². The zero-order chi connectivity index (χ0) is 33.5. The van der Waals surface area contributed by atoms with E-state index in [2.05, 4.69) is 193 Å². The lowest BCUT2D eigenvalue weighted by Crippen LogP contribution is -2.28. The largest absolute Gasteiger partial charge is 0.455 e. The van der Waals surface area contributed by atoms with Gasteiger partial charge in [0.25, 0.3) is 0 Å². The number of furan rings is 1. The summed E-state index contributed by atoms with van der Waals surface area (Å²) in [5.74, 6) is 0. The molecule has 0 fully saturated rings. The first-order valence-electron chi connectivity index (χ1n) is 17.6. The van der Waals surface area contributed by atoms with E-state index in [1.807, 2.05) is 0 Å². The van der Waals surface area contributed by atoms with E-state index in [9.17, 15) is 0 Å². The van der Waals surface area contributed by atoms with Crippen LogP contribution in [-0.4, -0.2) is 4.57 Å². The fraction of sp³-hybridized carbons (Fsp3) is 0.0204. The first kappa shape index (κ1) is 28.2. The van der Waals surface area contributed by atoms with Crippen molar-refractivity contribution < 1.29 is 4.42 Å². The van der Waals surface area contributed by atoms with Gasteiger partial charge >= 0.3 is 0 Å². The van der Waals surface area contributed by atoms with Crippen LogP contribution in [0.15, 0.2) is 192 Å². The molecule has 10 aromatic rings. The summed E-state index contributed by atoms with van der Waals surface area (Å²) in [7, 11) is 0. The van der Waals surface area contributed by atoms with Crippen LogP contribution in [-0.2, 0) is 5.41 Å². The predicted molar refractivity (Wildman–Crippen MR) is 211 cm³/mol. The lowest BCUT2D eigenvalue weighted by molar-refractivity contribution is 0.667. The summed E-state index contributed by atoms with van der Waals surface area (Å²) in [6.07, 6.45) is 0. The van der Waals surface area contributed by atoms with Gasteiger partial charge in [-0.1, -0.05) is 152 Å². The Morgan fingerprint density at radius 2 is 0.961 bits per heavy atom. The van der Waals surface area contributed by atoms with Crippen molar-refractivity contribution in [3.63, 3.8) is 0 Å². The first-order chi connectivity index (χ1) is 25.3. The van der Waals surface area contributed by atoms with Crippen molar-refractivity contribution in [1.29, 1.82) is 0 Å². The highest BCUT2D eigenvalue weighted by Crippen LogP contribution is 2.57. The molecule has 8 aromatic carbocycles. The molecule has 0 spiro atoms. The van der Waals surface area contributed by atoms with Crippen molar-refractivity contribution in [3.05, 3.63) is 210 Å². The van der Waals surface area contributed by atoms with Crippen molar-refractivity contribution in [2.45, 2.75) is 5.41 Å². The van der Waals surface area contributed by atoms with Crippen LogP contribution in [0.2, 0.25) is 0 Å². The molecule has 51 heavy (non-hydrogen) atoms. The number of benzene rings is 8. The molecule has 0 amide bonds. The third kappa shape index (κ3) is 3.87. The van der Waals surface area contributed by atoms with Crippen LogP contribution in [0.25, 0.3) is 71.7 Å². The summed E-state index contributed by atoms with van der Waals surface area (Å²) >= 11 is 0. The molecule has 2 aromatic heterocycles. The van der Waals surface area contributed by atoms with E-state index >= 15 is 0 Å². The molecule has 1 aliphatic rings. The Labute approximate surface area is 295 Å². The Morgan fingerprint density at radius 3 is 1.65 bits per heavy atom. The second-order valence-electron chi connectivity index (χ2n) is 13.6. The van der Waals surface area contributed by atoms with E-state index in [1.165, 1.54) is 55.2 Å². The van der Waals surface area contributed by atoms with Crippen molar-refractivity contribution in [3.8, 4) is 27.9 Å². The molecular weight excluding hydrogens is 619 g/mol. The molecule has 238 valence electrons. The molecule has 1 aliphatic carbocycles. The molecule has 0 aliphatic heterocycles. The van der Waals surface area contributed by atoms with Crippen LogP contribution in [0, 0.1) is 0 Å². The van der Waals surface area contributed by atoms with Gasteiger partial charge in [0.15, 0.2) is 0 Å². The minimum atomic E-state index is -0.465. The van der Waals surface area contributed by atoms with Gasteiger partial charge in [0.1, 0.15) is 11.2 Å². The number of nitrogens with zero attached hydrogens (tertiary/aromatic N) is 1. The molecule has 0 atom stereocenters. The van der Waals surface area contributed by atoms with E-state index in [-0.39, 0.29) is 0 Å². The van der Waals surface area contributed by atoms with Gasteiger partial charge in [-0.2, -0.15) is 0 Å². The van der Waals surface area contributed by atoms with Crippen LogP contribution in [0.3, 0.4) is 0 Å². The SMILES string of the molecule is c1ccc(C2(c3ccccc3)c3ccccc3-c3cc4c(cc32)oc2c(-c3ccc(-n5c6ccccc6c6ccccc65)cc3)cccc24)cc1. The summed E-state index contributed by atoms with van der Waals surface area (Å²) in [6, 6.07) is 68.2. The Bertz CT molecular complexity index is 2860. The number of hydrogen-bond acceptors (Lipinski definition) is 1. The van der Waals surface area contributed by atoms with Crippen LogP contribution in [0.5, 0.6) is 0 Å². The average molecular weight is 650 g/mol. The van der Waals surface area contributed by atoms with Crippen LogP contribution in [0.1, 0.15) is 22.3 Å². The highest BCUT2D eigenvalue weighted by Gasteiger charge is 2.46. The Hall–Kier alpha value is -6.64.